The van der Waals surface area contributed by atoms with Gasteiger partial charge in [-0.1, -0.05) is 39.9 Å². The van der Waals surface area contributed by atoms with Gasteiger partial charge in [-0.15, -0.1) is 20.4 Å². The highest BCUT2D eigenvalue weighted by Crippen LogP contribution is 2.12. The lowest BCUT2D eigenvalue weighted by molar-refractivity contribution is 0.247. The second kappa shape index (κ2) is 7.05. The Hall–Kier alpha value is -4.67. The molecule has 5 rings (SSSR count). The van der Waals surface area contributed by atoms with E-state index < -0.39 is 12.1 Å². The molecular formula is C19H13N9O2. The molecule has 11 nitrogen and oxygen atoms in total. The molecule has 0 aliphatic rings. The minimum Gasteiger partial charge on any atom is -0.289 e. The average Bonchev–Trinajstić information content (AvgIpc) is 3.38. The van der Waals surface area contributed by atoms with E-state index in [9.17, 15) is 9.59 Å². The Balaban J connectivity index is 1.32. The van der Waals surface area contributed by atoms with Crippen molar-refractivity contribution in [3.63, 3.8) is 0 Å². The van der Waals surface area contributed by atoms with Gasteiger partial charge in [0.05, 0.1) is 0 Å². The van der Waals surface area contributed by atoms with Crippen LogP contribution in [0.4, 0.5) is 21.2 Å². The molecule has 2 N–H and O–H groups in total. The van der Waals surface area contributed by atoms with Crippen LogP contribution in [-0.4, -0.2) is 47.0 Å². The van der Waals surface area contributed by atoms with Gasteiger partial charge in [-0.3, -0.25) is 10.6 Å². The standard InChI is InChI=1S/C19H13N9O2/c29-18(27-23-12-6-1-2-7-13(12)24-27)21-16-10-5-11-17(20-16)22-19(30)28-25-14-8-3-4-9-15(14)26-28/h1-11H,(H2,20,21,22,29,30). The number of hydrogen-bond acceptors (Lipinski definition) is 7. The smallest absolute Gasteiger partial charge is 0.289 e. The first-order valence-corrected chi connectivity index (χ1v) is 8.90. The highest BCUT2D eigenvalue weighted by molar-refractivity contribution is 5.92. The zero-order chi connectivity index (χ0) is 20.5. The lowest BCUT2D eigenvalue weighted by Crippen LogP contribution is -2.24. The number of amides is 2. The summed E-state index contributed by atoms with van der Waals surface area (Å²) >= 11 is 0. The van der Waals surface area contributed by atoms with E-state index in [1.165, 1.54) is 0 Å². The number of rotatable bonds is 2. The summed E-state index contributed by atoms with van der Waals surface area (Å²) in [4.78, 5) is 30.9. The van der Waals surface area contributed by atoms with Crippen LogP contribution in [0, 0.1) is 0 Å². The summed E-state index contributed by atoms with van der Waals surface area (Å²) in [5.41, 5.74) is 2.39. The average molecular weight is 399 g/mol. The number of nitrogens with zero attached hydrogens (tertiary/aromatic N) is 7. The van der Waals surface area contributed by atoms with Gasteiger partial charge in [-0.05, 0) is 36.4 Å². The zero-order valence-corrected chi connectivity index (χ0v) is 15.3. The first-order chi connectivity index (χ1) is 14.7. The molecule has 0 aliphatic carbocycles. The van der Waals surface area contributed by atoms with Gasteiger partial charge in [-0.2, -0.15) is 0 Å². The summed E-state index contributed by atoms with van der Waals surface area (Å²) in [5, 5.41) is 21.6. The predicted octanol–water partition coefficient (Wildman–Crippen LogP) is 2.73. The SMILES string of the molecule is O=C(Nc1cccc(NC(=O)n2nc3ccccc3n2)n1)n1nc2ccccc2n1. The fourth-order valence-electron chi connectivity index (χ4n) is 2.79. The van der Waals surface area contributed by atoms with E-state index in [0.29, 0.717) is 22.1 Å². The number of aromatic nitrogens is 7. The van der Waals surface area contributed by atoms with Crippen LogP contribution in [0.2, 0.25) is 0 Å². The number of nitrogens with one attached hydrogen (secondary N) is 2. The van der Waals surface area contributed by atoms with E-state index in [-0.39, 0.29) is 11.6 Å². The first-order valence-electron chi connectivity index (χ1n) is 8.90. The van der Waals surface area contributed by atoms with Gasteiger partial charge in [0.15, 0.2) is 0 Å². The van der Waals surface area contributed by atoms with Crippen LogP contribution < -0.4 is 10.6 Å². The molecule has 0 saturated carbocycles. The summed E-state index contributed by atoms with van der Waals surface area (Å²) < 4.78 is 0. The molecule has 11 heteroatoms. The van der Waals surface area contributed by atoms with Crippen LogP contribution in [0.1, 0.15) is 0 Å². The third-order valence-electron chi connectivity index (χ3n) is 4.16. The topological polar surface area (TPSA) is 133 Å². The van der Waals surface area contributed by atoms with E-state index in [1.54, 1.807) is 42.5 Å². The molecule has 2 amide bonds. The van der Waals surface area contributed by atoms with E-state index >= 15 is 0 Å². The van der Waals surface area contributed by atoms with Crippen molar-refractivity contribution >= 4 is 45.8 Å². The number of benzene rings is 2. The second-order valence-corrected chi connectivity index (χ2v) is 6.22. The lowest BCUT2D eigenvalue weighted by atomic mass is 10.3. The second-order valence-electron chi connectivity index (χ2n) is 6.22. The van der Waals surface area contributed by atoms with Gasteiger partial charge in [0, 0.05) is 0 Å². The molecule has 2 aromatic carbocycles. The van der Waals surface area contributed by atoms with Crippen molar-refractivity contribution in [3.8, 4) is 0 Å². The fraction of sp³-hybridized carbons (Fsp3) is 0. The maximum absolute atomic E-state index is 12.4. The molecule has 30 heavy (non-hydrogen) atoms. The molecule has 146 valence electrons. The normalized spacial score (nSPS) is 10.9. The largest absolute Gasteiger partial charge is 0.365 e. The molecule has 0 saturated heterocycles. The maximum Gasteiger partial charge on any atom is 0.365 e. The van der Waals surface area contributed by atoms with Crippen molar-refractivity contribution in [2.24, 2.45) is 0 Å². The molecular weight excluding hydrogens is 386 g/mol. The molecule has 0 atom stereocenters. The number of hydrogen-bond donors (Lipinski definition) is 2. The Morgan fingerprint density at radius 3 is 1.30 bits per heavy atom. The number of carbonyl (C=O) groups is 2. The summed E-state index contributed by atoms with van der Waals surface area (Å²) in [6.07, 6.45) is 0. The van der Waals surface area contributed by atoms with E-state index in [2.05, 4.69) is 36.0 Å². The van der Waals surface area contributed by atoms with Crippen molar-refractivity contribution in [1.82, 2.24) is 35.0 Å². The summed E-state index contributed by atoms with van der Waals surface area (Å²) in [6, 6.07) is 17.9. The quantitative estimate of drug-likeness (QED) is 0.466. The number of anilines is 2. The Morgan fingerprint density at radius 2 is 0.933 bits per heavy atom. The predicted molar refractivity (Wildman–Crippen MR) is 108 cm³/mol. The number of carbonyl (C=O) groups excluding carboxylic acids is 2. The summed E-state index contributed by atoms with van der Waals surface area (Å²) in [5.74, 6) is 0.440. The van der Waals surface area contributed by atoms with Crippen LogP contribution in [0.5, 0.6) is 0 Å². The van der Waals surface area contributed by atoms with Gasteiger partial charge >= 0.3 is 12.1 Å². The van der Waals surface area contributed by atoms with Gasteiger partial charge in [0.25, 0.3) is 0 Å². The van der Waals surface area contributed by atoms with E-state index in [1.807, 2.05) is 24.3 Å². The molecule has 0 fully saturated rings. The minimum atomic E-state index is -0.581. The minimum absolute atomic E-state index is 0.220. The Bertz CT molecular complexity index is 1240. The molecule has 3 heterocycles. The molecule has 0 aliphatic heterocycles. The van der Waals surface area contributed by atoms with Gasteiger partial charge in [0.2, 0.25) is 0 Å². The van der Waals surface area contributed by atoms with Crippen LogP contribution in [-0.2, 0) is 0 Å². The monoisotopic (exact) mass is 399 g/mol. The van der Waals surface area contributed by atoms with Crippen LogP contribution in [0.25, 0.3) is 22.1 Å². The Morgan fingerprint density at radius 1 is 0.567 bits per heavy atom. The molecule has 0 radical (unpaired) electrons. The Kier molecular flexibility index (Phi) is 4.10. The molecule has 0 spiro atoms. The van der Waals surface area contributed by atoms with Crippen molar-refractivity contribution < 1.29 is 9.59 Å². The van der Waals surface area contributed by atoms with E-state index in [0.717, 1.165) is 9.59 Å². The third-order valence-corrected chi connectivity index (χ3v) is 4.16. The number of pyridine rings is 1. The van der Waals surface area contributed by atoms with Crippen LogP contribution in [0.15, 0.2) is 66.7 Å². The van der Waals surface area contributed by atoms with Crippen LogP contribution in [0.3, 0.4) is 0 Å². The maximum atomic E-state index is 12.4. The fourth-order valence-corrected chi connectivity index (χ4v) is 2.79. The van der Waals surface area contributed by atoms with Crippen LogP contribution >= 0.6 is 0 Å². The molecule has 3 aromatic heterocycles. The van der Waals surface area contributed by atoms with Crippen molar-refractivity contribution in [2.45, 2.75) is 0 Å². The van der Waals surface area contributed by atoms with Gasteiger partial charge < -0.3 is 0 Å². The van der Waals surface area contributed by atoms with Crippen molar-refractivity contribution in [2.75, 3.05) is 10.6 Å². The first kappa shape index (κ1) is 17.4. The molecule has 0 unspecified atom stereocenters. The molecule has 0 bridgehead atoms. The molecule has 5 aromatic rings. The highest BCUT2D eigenvalue weighted by atomic mass is 16.2. The van der Waals surface area contributed by atoms with Crippen molar-refractivity contribution in [3.05, 3.63) is 66.7 Å². The van der Waals surface area contributed by atoms with Crippen molar-refractivity contribution in [1.29, 1.82) is 0 Å². The third kappa shape index (κ3) is 3.30. The van der Waals surface area contributed by atoms with E-state index in [4.69, 9.17) is 0 Å². The lowest BCUT2D eigenvalue weighted by Gasteiger charge is -2.06. The Labute approximate surface area is 168 Å². The van der Waals surface area contributed by atoms with Gasteiger partial charge in [0.1, 0.15) is 33.7 Å². The highest BCUT2D eigenvalue weighted by Gasteiger charge is 2.13. The number of fused-ring (bicyclic) bond motifs is 2. The van der Waals surface area contributed by atoms with Gasteiger partial charge in [-0.25, -0.2) is 14.6 Å². The summed E-state index contributed by atoms with van der Waals surface area (Å²) in [7, 11) is 0. The summed E-state index contributed by atoms with van der Waals surface area (Å²) in [6.45, 7) is 0. The zero-order valence-electron chi connectivity index (χ0n) is 15.3.